The molecule has 7 nitrogen and oxygen atoms in total. The second kappa shape index (κ2) is 9.16. The Morgan fingerprint density at radius 1 is 1.18 bits per heavy atom. The van der Waals surface area contributed by atoms with Gasteiger partial charge in [0.1, 0.15) is 5.82 Å². The molecule has 2 heterocycles. The molecule has 0 bridgehead atoms. The summed E-state index contributed by atoms with van der Waals surface area (Å²) in [5, 5.41) is 5.32. The van der Waals surface area contributed by atoms with E-state index in [1.807, 2.05) is 0 Å². The maximum atomic E-state index is 12.1. The van der Waals surface area contributed by atoms with Gasteiger partial charge in [-0.15, -0.1) is 0 Å². The zero-order valence-corrected chi connectivity index (χ0v) is 15.2. The van der Waals surface area contributed by atoms with E-state index in [9.17, 15) is 22.8 Å². The fourth-order valence-corrected chi connectivity index (χ4v) is 1.96. The van der Waals surface area contributed by atoms with Crippen molar-refractivity contribution in [2.24, 2.45) is 5.92 Å². The number of anilines is 1. The van der Waals surface area contributed by atoms with Crippen molar-refractivity contribution in [2.75, 3.05) is 11.9 Å². The molecule has 0 radical (unpaired) electrons. The van der Waals surface area contributed by atoms with Crippen LogP contribution in [0, 0.1) is 5.92 Å². The number of hydrogen-bond donors (Lipinski definition) is 2. The average Bonchev–Trinajstić information content (AvgIpc) is 2.64. The molecule has 2 amide bonds. The third-order valence-corrected chi connectivity index (χ3v) is 3.44. The molecular formula is C18H19F3N4O3. The molecule has 2 N–H and O–H groups in total. The van der Waals surface area contributed by atoms with Gasteiger partial charge in [-0.1, -0.05) is 13.8 Å². The smallest absolute Gasteiger partial charge is 0.422 e. The maximum Gasteiger partial charge on any atom is 0.422 e. The normalized spacial score (nSPS) is 11.2. The minimum Gasteiger partial charge on any atom is -0.468 e. The summed E-state index contributed by atoms with van der Waals surface area (Å²) in [6.45, 7) is 2.22. The highest BCUT2D eigenvalue weighted by Crippen LogP contribution is 2.17. The molecule has 0 aliphatic rings. The zero-order valence-electron chi connectivity index (χ0n) is 15.2. The number of rotatable bonds is 7. The number of hydrogen-bond acceptors (Lipinski definition) is 5. The summed E-state index contributed by atoms with van der Waals surface area (Å²) in [5.41, 5.74) is 0.877. The van der Waals surface area contributed by atoms with Crippen LogP contribution in [0.25, 0.3) is 0 Å². The average molecular weight is 396 g/mol. The van der Waals surface area contributed by atoms with Crippen molar-refractivity contribution >= 4 is 17.6 Å². The molecule has 0 atom stereocenters. The highest BCUT2D eigenvalue weighted by atomic mass is 19.4. The van der Waals surface area contributed by atoms with Gasteiger partial charge in [0, 0.05) is 30.9 Å². The Bertz CT molecular complexity index is 824. The molecule has 0 aromatic carbocycles. The van der Waals surface area contributed by atoms with Crippen LogP contribution in [0.3, 0.4) is 0 Å². The van der Waals surface area contributed by atoms with Crippen molar-refractivity contribution < 1.29 is 27.5 Å². The van der Waals surface area contributed by atoms with Gasteiger partial charge in [0.2, 0.25) is 11.8 Å². The SMILES string of the molecule is CC(C)C(=O)Nc1cc(CNC(=O)c2ccc(OCC(F)(F)F)nc2)ccn1. The van der Waals surface area contributed by atoms with Gasteiger partial charge in [-0.25, -0.2) is 9.97 Å². The van der Waals surface area contributed by atoms with E-state index in [-0.39, 0.29) is 29.8 Å². The van der Waals surface area contributed by atoms with Gasteiger partial charge < -0.3 is 15.4 Å². The van der Waals surface area contributed by atoms with Crippen molar-refractivity contribution in [3.8, 4) is 5.88 Å². The van der Waals surface area contributed by atoms with Crippen LogP contribution in [0.5, 0.6) is 5.88 Å². The summed E-state index contributed by atoms with van der Waals surface area (Å²) in [6.07, 6.45) is -1.83. The van der Waals surface area contributed by atoms with E-state index in [0.717, 1.165) is 6.20 Å². The number of pyridine rings is 2. The van der Waals surface area contributed by atoms with Gasteiger partial charge in [0.15, 0.2) is 6.61 Å². The quantitative estimate of drug-likeness (QED) is 0.751. The Morgan fingerprint density at radius 2 is 1.93 bits per heavy atom. The molecule has 0 fully saturated rings. The van der Waals surface area contributed by atoms with Crippen LogP contribution < -0.4 is 15.4 Å². The lowest BCUT2D eigenvalue weighted by molar-refractivity contribution is -0.154. The fraction of sp³-hybridized carbons (Fsp3) is 0.333. The van der Waals surface area contributed by atoms with Crippen molar-refractivity contribution in [1.29, 1.82) is 0 Å². The van der Waals surface area contributed by atoms with Crippen LogP contribution in [0.4, 0.5) is 19.0 Å². The lowest BCUT2D eigenvalue weighted by atomic mass is 10.2. The van der Waals surface area contributed by atoms with Gasteiger partial charge in [-0.05, 0) is 23.8 Å². The third-order valence-electron chi connectivity index (χ3n) is 3.44. The van der Waals surface area contributed by atoms with Gasteiger partial charge >= 0.3 is 6.18 Å². The molecule has 0 aliphatic heterocycles. The van der Waals surface area contributed by atoms with Crippen LogP contribution in [0.2, 0.25) is 0 Å². The minimum atomic E-state index is -4.46. The Labute approximate surface area is 159 Å². The van der Waals surface area contributed by atoms with E-state index in [2.05, 4.69) is 25.3 Å². The Hall–Kier alpha value is -3.17. The monoisotopic (exact) mass is 396 g/mol. The Kier molecular flexibility index (Phi) is 6.91. The van der Waals surface area contributed by atoms with Crippen molar-refractivity contribution in [3.05, 3.63) is 47.8 Å². The number of carbonyl (C=O) groups excluding carboxylic acids is 2. The van der Waals surface area contributed by atoms with Gasteiger partial charge in [0.05, 0.1) is 5.56 Å². The predicted molar refractivity (Wildman–Crippen MR) is 94.7 cm³/mol. The van der Waals surface area contributed by atoms with E-state index in [1.54, 1.807) is 26.0 Å². The van der Waals surface area contributed by atoms with Crippen LogP contribution in [0.1, 0.15) is 29.8 Å². The summed E-state index contributed by atoms with van der Waals surface area (Å²) in [7, 11) is 0. The van der Waals surface area contributed by atoms with Crippen molar-refractivity contribution in [2.45, 2.75) is 26.6 Å². The van der Waals surface area contributed by atoms with Crippen LogP contribution in [-0.4, -0.2) is 34.6 Å². The molecule has 10 heteroatoms. The lowest BCUT2D eigenvalue weighted by Gasteiger charge is -2.10. The van der Waals surface area contributed by atoms with Gasteiger partial charge in [-0.3, -0.25) is 9.59 Å². The molecule has 0 unspecified atom stereocenters. The van der Waals surface area contributed by atoms with Gasteiger partial charge in [-0.2, -0.15) is 13.2 Å². The summed E-state index contributed by atoms with van der Waals surface area (Å²) >= 11 is 0. The number of carbonyl (C=O) groups is 2. The standard InChI is InChI=1S/C18H19F3N4O3/c1-11(2)16(26)25-14-7-12(5-6-22-14)8-24-17(27)13-3-4-15(23-9-13)28-10-18(19,20)21/h3-7,9,11H,8,10H2,1-2H3,(H,24,27)(H,22,25,26). The van der Waals surface area contributed by atoms with Crippen molar-refractivity contribution in [3.63, 3.8) is 0 Å². The van der Waals surface area contributed by atoms with E-state index >= 15 is 0 Å². The number of halogens is 3. The van der Waals surface area contributed by atoms with Crippen molar-refractivity contribution in [1.82, 2.24) is 15.3 Å². The number of aromatic nitrogens is 2. The molecule has 2 rings (SSSR count). The third kappa shape index (κ3) is 6.86. The van der Waals surface area contributed by atoms with E-state index < -0.39 is 18.7 Å². The summed E-state index contributed by atoms with van der Waals surface area (Å²) < 4.78 is 40.8. The number of nitrogens with zero attached hydrogens (tertiary/aromatic N) is 2. The topological polar surface area (TPSA) is 93.2 Å². The van der Waals surface area contributed by atoms with Crippen LogP contribution in [-0.2, 0) is 11.3 Å². The first-order valence-corrected chi connectivity index (χ1v) is 8.33. The molecule has 0 spiro atoms. The molecule has 150 valence electrons. The molecule has 0 aliphatic carbocycles. The zero-order chi connectivity index (χ0) is 20.7. The number of nitrogens with one attached hydrogen (secondary N) is 2. The second-order valence-corrected chi connectivity index (χ2v) is 6.16. The second-order valence-electron chi connectivity index (χ2n) is 6.16. The molecule has 2 aromatic rings. The predicted octanol–water partition coefficient (Wildman–Crippen LogP) is 2.94. The number of ether oxygens (including phenoxy) is 1. The van der Waals surface area contributed by atoms with Gasteiger partial charge in [0.25, 0.3) is 5.91 Å². The molecule has 2 aromatic heterocycles. The lowest BCUT2D eigenvalue weighted by Crippen LogP contribution is -2.23. The number of amides is 2. The maximum absolute atomic E-state index is 12.1. The largest absolute Gasteiger partial charge is 0.468 e. The Morgan fingerprint density at radius 3 is 2.54 bits per heavy atom. The highest BCUT2D eigenvalue weighted by Gasteiger charge is 2.28. The minimum absolute atomic E-state index is 0.165. The van der Waals surface area contributed by atoms with E-state index in [1.165, 1.54) is 18.3 Å². The van der Waals surface area contributed by atoms with Crippen LogP contribution in [0.15, 0.2) is 36.7 Å². The molecule has 0 saturated carbocycles. The highest BCUT2D eigenvalue weighted by molar-refractivity contribution is 5.94. The molecule has 0 saturated heterocycles. The first-order valence-electron chi connectivity index (χ1n) is 8.33. The van der Waals surface area contributed by atoms with Crippen LogP contribution >= 0.6 is 0 Å². The molecule has 28 heavy (non-hydrogen) atoms. The summed E-state index contributed by atoms with van der Waals surface area (Å²) in [6, 6.07) is 5.81. The van der Waals surface area contributed by atoms with E-state index in [4.69, 9.17) is 0 Å². The summed E-state index contributed by atoms with van der Waals surface area (Å²) in [4.78, 5) is 31.6. The first kappa shape index (κ1) is 21.1. The summed E-state index contributed by atoms with van der Waals surface area (Å²) in [5.74, 6) is -0.681. The Balaban J connectivity index is 1.90. The molecular weight excluding hydrogens is 377 g/mol. The fourth-order valence-electron chi connectivity index (χ4n) is 1.96. The van der Waals surface area contributed by atoms with E-state index in [0.29, 0.717) is 11.4 Å². The first-order chi connectivity index (χ1) is 13.1. The number of alkyl halides is 3.